The fourth-order valence-electron chi connectivity index (χ4n) is 6.34. The minimum absolute atomic E-state index is 0.0598. The molecule has 1 atom stereocenters. The van der Waals surface area contributed by atoms with Crippen LogP contribution in [0.25, 0.3) is 32.3 Å². The molecule has 0 amide bonds. The fraction of sp³-hybridized carbons (Fsp3) is 0.118. The van der Waals surface area contributed by atoms with Crippen molar-refractivity contribution < 1.29 is 0 Å². The molecule has 1 heteroatoms. The topological polar surface area (TPSA) is 12.0 Å². The Bertz CT molecular complexity index is 1700. The van der Waals surface area contributed by atoms with E-state index in [1.807, 2.05) is 0 Å². The zero-order chi connectivity index (χ0) is 23.2. The average Bonchev–Trinajstić information content (AvgIpc) is 2.93. The van der Waals surface area contributed by atoms with E-state index in [9.17, 15) is 0 Å². The van der Waals surface area contributed by atoms with Gasteiger partial charge in [0.15, 0.2) is 0 Å². The Morgan fingerprint density at radius 3 is 2.17 bits per heavy atom. The van der Waals surface area contributed by atoms with E-state index >= 15 is 0 Å². The Labute approximate surface area is 206 Å². The number of benzene rings is 6. The predicted molar refractivity (Wildman–Crippen MR) is 149 cm³/mol. The van der Waals surface area contributed by atoms with Crippen LogP contribution < -0.4 is 5.32 Å². The van der Waals surface area contributed by atoms with Gasteiger partial charge in [0.1, 0.15) is 0 Å². The van der Waals surface area contributed by atoms with Crippen LogP contribution in [-0.2, 0) is 11.8 Å². The smallest absolute Gasteiger partial charge is 0.0382 e. The van der Waals surface area contributed by atoms with Crippen molar-refractivity contribution in [3.63, 3.8) is 0 Å². The number of fused-ring (bicyclic) bond motifs is 6. The summed E-state index contributed by atoms with van der Waals surface area (Å²) in [6.45, 7) is 0.978. The number of rotatable bonds is 3. The van der Waals surface area contributed by atoms with E-state index in [2.05, 4.69) is 127 Å². The zero-order valence-electron chi connectivity index (χ0n) is 19.7. The first-order valence-corrected chi connectivity index (χ1v) is 12.5. The van der Waals surface area contributed by atoms with Crippen LogP contribution in [0, 0.1) is 0 Å². The molecule has 0 aliphatic carbocycles. The second-order valence-corrected chi connectivity index (χ2v) is 9.81. The lowest BCUT2D eigenvalue weighted by atomic mass is 9.66. The molecule has 0 radical (unpaired) electrons. The van der Waals surface area contributed by atoms with Crippen molar-refractivity contribution in [2.75, 3.05) is 11.9 Å². The molecule has 7 rings (SSSR count). The van der Waals surface area contributed by atoms with Crippen molar-refractivity contribution in [3.05, 3.63) is 138 Å². The number of para-hydroxylation sites is 1. The summed E-state index contributed by atoms with van der Waals surface area (Å²) in [6.07, 6.45) is 2.05. The molecular formula is C34H27N. The molecule has 6 aromatic rings. The quantitative estimate of drug-likeness (QED) is 0.267. The van der Waals surface area contributed by atoms with Crippen LogP contribution in [0.4, 0.5) is 5.69 Å². The van der Waals surface area contributed by atoms with E-state index in [4.69, 9.17) is 0 Å². The van der Waals surface area contributed by atoms with E-state index in [-0.39, 0.29) is 5.41 Å². The molecule has 1 N–H and O–H groups in total. The Kier molecular flexibility index (Phi) is 4.63. The molecule has 1 nitrogen and oxygen atoms in total. The second kappa shape index (κ2) is 7.99. The first kappa shape index (κ1) is 20.3. The highest BCUT2D eigenvalue weighted by molar-refractivity contribution is 6.17. The minimum atomic E-state index is -0.0598. The van der Waals surface area contributed by atoms with Gasteiger partial charge in [-0.15, -0.1) is 0 Å². The molecule has 0 saturated carbocycles. The lowest BCUT2D eigenvalue weighted by molar-refractivity contribution is 0.471. The van der Waals surface area contributed by atoms with E-state index in [1.165, 1.54) is 54.7 Å². The van der Waals surface area contributed by atoms with Crippen LogP contribution in [0.5, 0.6) is 0 Å². The van der Waals surface area contributed by atoms with Crippen molar-refractivity contribution in [3.8, 4) is 0 Å². The van der Waals surface area contributed by atoms with E-state index in [1.54, 1.807) is 0 Å². The zero-order valence-corrected chi connectivity index (χ0v) is 19.7. The highest BCUT2D eigenvalue weighted by Crippen LogP contribution is 2.46. The maximum absolute atomic E-state index is 3.65. The molecule has 1 heterocycles. The van der Waals surface area contributed by atoms with Crippen molar-refractivity contribution in [1.29, 1.82) is 0 Å². The number of hydrogen-bond donors (Lipinski definition) is 1. The van der Waals surface area contributed by atoms with Gasteiger partial charge in [0.05, 0.1) is 0 Å². The summed E-state index contributed by atoms with van der Waals surface area (Å²) in [6, 6.07) is 44.8. The first-order chi connectivity index (χ1) is 17.3. The van der Waals surface area contributed by atoms with Gasteiger partial charge >= 0.3 is 0 Å². The molecular weight excluding hydrogens is 422 g/mol. The van der Waals surface area contributed by atoms with Crippen LogP contribution in [0.3, 0.4) is 0 Å². The molecule has 0 aromatic heterocycles. The highest BCUT2D eigenvalue weighted by atomic mass is 14.9. The third-order valence-corrected chi connectivity index (χ3v) is 8.00. The van der Waals surface area contributed by atoms with E-state index in [0.29, 0.717) is 0 Å². The highest BCUT2D eigenvalue weighted by Gasteiger charge is 2.38. The van der Waals surface area contributed by atoms with Crippen molar-refractivity contribution in [1.82, 2.24) is 0 Å². The Morgan fingerprint density at radius 2 is 1.23 bits per heavy atom. The molecule has 0 fully saturated rings. The van der Waals surface area contributed by atoms with Gasteiger partial charge in [-0.3, -0.25) is 0 Å². The number of anilines is 1. The van der Waals surface area contributed by atoms with Crippen molar-refractivity contribution >= 4 is 38.0 Å². The summed E-state index contributed by atoms with van der Waals surface area (Å²) in [4.78, 5) is 0. The summed E-state index contributed by atoms with van der Waals surface area (Å²) in [5.41, 5.74) is 5.42. The Morgan fingerprint density at radius 1 is 0.543 bits per heavy atom. The molecule has 1 aliphatic rings. The monoisotopic (exact) mass is 449 g/mol. The van der Waals surface area contributed by atoms with Crippen LogP contribution in [0.2, 0.25) is 0 Å². The van der Waals surface area contributed by atoms with Gasteiger partial charge in [0.2, 0.25) is 0 Å². The predicted octanol–water partition coefficient (Wildman–Crippen LogP) is 8.49. The SMILES string of the molecule is c1ccc(C2(Cc3cccc4c3ccc3c5ccccc5ccc43)CCNc3ccccc32)cc1. The van der Waals surface area contributed by atoms with Gasteiger partial charge in [-0.25, -0.2) is 0 Å². The van der Waals surface area contributed by atoms with E-state index < -0.39 is 0 Å². The molecule has 0 spiro atoms. The maximum Gasteiger partial charge on any atom is 0.0382 e. The van der Waals surface area contributed by atoms with Crippen molar-refractivity contribution in [2.45, 2.75) is 18.3 Å². The molecule has 6 aromatic carbocycles. The maximum atomic E-state index is 3.65. The van der Waals surface area contributed by atoms with Crippen molar-refractivity contribution in [2.24, 2.45) is 0 Å². The van der Waals surface area contributed by atoms with Gasteiger partial charge in [-0.05, 0) is 67.9 Å². The summed E-state index contributed by atoms with van der Waals surface area (Å²) in [5.74, 6) is 0. The van der Waals surface area contributed by atoms with Crippen LogP contribution >= 0.6 is 0 Å². The summed E-state index contributed by atoms with van der Waals surface area (Å²) in [7, 11) is 0. The summed E-state index contributed by atoms with van der Waals surface area (Å²) in [5, 5.41) is 11.6. The van der Waals surface area contributed by atoms with Gasteiger partial charge in [0, 0.05) is 17.6 Å². The Hall–Kier alpha value is -4.10. The largest absolute Gasteiger partial charge is 0.385 e. The lowest BCUT2D eigenvalue weighted by Crippen LogP contribution is -2.37. The Balaban J connectivity index is 1.46. The second-order valence-electron chi connectivity index (χ2n) is 9.81. The van der Waals surface area contributed by atoms with Crippen LogP contribution in [0.1, 0.15) is 23.1 Å². The average molecular weight is 450 g/mol. The first-order valence-electron chi connectivity index (χ1n) is 12.5. The number of nitrogens with one attached hydrogen (secondary N) is 1. The molecule has 168 valence electrons. The molecule has 1 unspecified atom stereocenters. The van der Waals surface area contributed by atoms with Gasteiger partial charge in [-0.2, -0.15) is 0 Å². The number of hydrogen-bond acceptors (Lipinski definition) is 1. The third-order valence-electron chi connectivity index (χ3n) is 8.00. The lowest BCUT2D eigenvalue weighted by Gasteiger charge is -2.41. The van der Waals surface area contributed by atoms with Crippen LogP contribution in [0.15, 0.2) is 121 Å². The third kappa shape index (κ3) is 3.15. The van der Waals surface area contributed by atoms with E-state index in [0.717, 1.165) is 19.4 Å². The van der Waals surface area contributed by atoms with Crippen LogP contribution in [-0.4, -0.2) is 6.54 Å². The minimum Gasteiger partial charge on any atom is -0.385 e. The summed E-state index contributed by atoms with van der Waals surface area (Å²) < 4.78 is 0. The van der Waals surface area contributed by atoms with Gasteiger partial charge < -0.3 is 5.32 Å². The summed E-state index contributed by atoms with van der Waals surface area (Å²) >= 11 is 0. The fourth-order valence-corrected chi connectivity index (χ4v) is 6.34. The molecule has 1 aliphatic heterocycles. The molecule has 35 heavy (non-hydrogen) atoms. The van der Waals surface area contributed by atoms with Gasteiger partial charge in [-0.1, -0.05) is 115 Å². The molecule has 0 bridgehead atoms. The molecule has 0 saturated heterocycles. The normalized spacial score (nSPS) is 17.4. The van der Waals surface area contributed by atoms with Gasteiger partial charge in [0.25, 0.3) is 0 Å². The standard InChI is InChI=1S/C34H27N/c1-2-11-26(12-3-1)34(21-22-35-33-16-7-6-15-32(33)34)23-25-10-8-14-29-28(25)19-20-30-27-13-5-4-9-24(27)17-18-31(29)30/h1-20,35H,21-23H2.